The molecule has 1 aliphatic carbocycles. The highest BCUT2D eigenvalue weighted by Crippen LogP contribution is 2.38. The zero-order valence-electron chi connectivity index (χ0n) is 11.0. The summed E-state index contributed by atoms with van der Waals surface area (Å²) >= 11 is 0. The first-order valence-electron chi connectivity index (χ1n) is 6.04. The Labute approximate surface area is 116 Å². The predicted molar refractivity (Wildman–Crippen MR) is 70.4 cm³/mol. The van der Waals surface area contributed by atoms with Crippen molar-refractivity contribution in [3.05, 3.63) is 33.9 Å². The molecule has 1 aromatic rings. The third-order valence-electron chi connectivity index (χ3n) is 3.34. The van der Waals surface area contributed by atoms with Gasteiger partial charge in [-0.2, -0.15) is 0 Å². The van der Waals surface area contributed by atoms with E-state index in [2.05, 4.69) is 0 Å². The molecule has 108 valence electrons. The number of sulfonamides is 1. The lowest BCUT2D eigenvalue weighted by Crippen LogP contribution is -2.32. The highest BCUT2D eigenvalue weighted by atomic mass is 32.2. The highest BCUT2D eigenvalue weighted by Gasteiger charge is 2.40. The second-order valence-corrected chi connectivity index (χ2v) is 6.65. The Hall–Kier alpha value is -1.96. The fourth-order valence-corrected chi connectivity index (χ4v) is 3.26. The summed E-state index contributed by atoms with van der Waals surface area (Å²) in [5, 5.41) is 10.6. The van der Waals surface area contributed by atoms with E-state index in [9.17, 15) is 23.3 Å². The number of nitro groups is 1. The van der Waals surface area contributed by atoms with Crippen LogP contribution in [0.3, 0.4) is 0 Å². The van der Waals surface area contributed by atoms with E-state index in [0.717, 1.165) is 12.1 Å². The molecule has 1 amide bonds. The molecular formula is C12H14N2O5S. The lowest BCUT2D eigenvalue weighted by atomic mass is 10.2. The number of hydrogen-bond acceptors (Lipinski definition) is 5. The van der Waals surface area contributed by atoms with E-state index >= 15 is 0 Å². The maximum absolute atomic E-state index is 12.1. The zero-order chi connectivity index (χ0) is 15.1. The number of non-ortho nitro benzene ring substituents is 1. The minimum absolute atomic E-state index is 0.121. The van der Waals surface area contributed by atoms with Crippen molar-refractivity contribution in [1.82, 2.24) is 4.72 Å². The lowest BCUT2D eigenvalue weighted by molar-refractivity contribution is -0.385. The second-order valence-electron chi connectivity index (χ2n) is 5.00. The van der Waals surface area contributed by atoms with Gasteiger partial charge in [0.2, 0.25) is 5.91 Å². The molecule has 0 heterocycles. The number of carbonyl (C=O) groups is 1. The topological polar surface area (TPSA) is 106 Å². The van der Waals surface area contributed by atoms with Crippen LogP contribution in [0, 0.1) is 28.9 Å². The average Bonchev–Trinajstić information content (AvgIpc) is 3.05. The summed E-state index contributed by atoms with van der Waals surface area (Å²) in [4.78, 5) is 21.6. The third kappa shape index (κ3) is 2.79. The Bertz CT molecular complexity index is 683. The normalized spacial score (nSPS) is 21.3. The number of nitro benzene ring substituents is 1. The number of nitrogens with zero attached hydrogens (tertiary/aromatic N) is 1. The molecule has 1 aromatic carbocycles. The molecule has 0 radical (unpaired) electrons. The summed E-state index contributed by atoms with van der Waals surface area (Å²) < 4.78 is 26.2. The third-order valence-corrected chi connectivity index (χ3v) is 4.85. The summed E-state index contributed by atoms with van der Waals surface area (Å²) in [5.41, 5.74) is 0.0342. The van der Waals surface area contributed by atoms with Gasteiger partial charge >= 0.3 is 0 Å². The van der Waals surface area contributed by atoms with Crippen LogP contribution in [0.5, 0.6) is 0 Å². The summed E-state index contributed by atoms with van der Waals surface area (Å²) in [6, 6.07) is 3.41. The maximum Gasteiger partial charge on any atom is 0.269 e. The Balaban J connectivity index is 2.25. The fourth-order valence-electron chi connectivity index (χ4n) is 2.00. The molecule has 2 atom stereocenters. The molecule has 8 heteroatoms. The van der Waals surface area contributed by atoms with Crippen LogP contribution < -0.4 is 4.72 Å². The van der Waals surface area contributed by atoms with Gasteiger partial charge in [-0.3, -0.25) is 14.9 Å². The van der Waals surface area contributed by atoms with Gasteiger partial charge in [0.25, 0.3) is 15.7 Å². The van der Waals surface area contributed by atoms with Crippen molar-refractivity contribution in [2.75, 3.05) is 0 Å². The average molecular weight is 298 g/mol. The van der Waals surface area contributed by atoms with E-state index in [1.54, 1.807) is 0 Å². The van der Waals surface area contributed by atoms with Crippen molar-refractivity contribution in [2.24, 2.45) is 11.8 Å². The van der Waals surface area contributed by atoms with Crippen molar-refractivity contribution in [2.45, 2.75) is 25.2 Å². The summed E-state index contributed by atoms with van der Waals surface area (Å²) in [7, 11) is -3.98. The number of rotatable bonds is 4. The smallest absolute Gasteiger partial charge is 0.269 e. The Morgan fingerprint density at radius 1 is 1.45 bits per heavy atom. The first kappa shape index (κ1) is 14.4. The van der Waals surface area contributed by atoms with Crippen molar-refractivity contribution < 1.29 is 18.1 Å². The van der Waals surface area contributed by atoms with Gasteiger partial charge in [-0.1, -0.05) is 6.92 Å². The van der Waals surface area contributed by atoms with Gasteiger partial charge in [0.05, 0.1) is 9.82 Å². The van der Waals surface area contributed by atoms with Crippen LogP contribution in [0.1, 0.15) is 18.9 Å². The van der Waals surface area contributed by atoms with E-state index in [1.165, 1.54) is 13.0 Å². The largest absolute Gasteiger partial charge is 0.274 e. The van der Waals surface area contributed by atoms with E-state index in [4.69, 9.17) is 0 Å². The summed E-state index contributed by atoms with van der Waals surface area (Å²) in [5.74, 6) is -0.582. The molecule has 1 fully saturated rings. The van der Waals surface area contributed by atoms with Gasteiger partial charge in [-0.15, -0.1) is 0 Å². The number of aryl methyl sites for hydroxylation is 1. The summed E-state index contributed by atoms with van der Waals surface area (Å²) in [6.45, 7) is 3.32. The molecule has 0 saturated heterocycles. The monoisotopic (exact) mass is 298 g/mol. The minimum atomic E-state index is -3.98. The van der Waals surface area contributed by atoms with E-state index in [0.29, 0.717) is 6.42 Å². The SMILES string of the molecule is Cc1cc([N+](=O)[O-])ccc1S(=O)(=O)NC(=O)[C@H]1C[C@H]1C. The van der Waals surface area contributed by atoms with E-state index < -0.39 is 20.9 Å². The Kier molecular flexibility index (Phi) is 3.51. The lowest BCUT2D eigenvalue weighted by Gasteiger charge is -2.08. The van der Waals surface area contributed by atoms with E-state index in [-0.39, 0.29) is 28.0 Å². The zero-order valence-corrected chi connectivity index (χ0v) is 11.8. The standard InChI is InChI=1S/C12H14N2O5S/c1-7-6-10(7)12(15)13-20(18,19)11-4-3-9(14(16)17)5-8(11)2/h3-5,7,10H,6H2,1-2H3,(H,13,15)/t7-,10+/m1/s1. The van der Waals surface area contributed by atoms with Crippen LogP contribution in [0.15, 0.2) is 23.1 Å². The van der Waals surface area contributed by atoms with Crippen molar-refractivity contribution in [1.29, 1.82) is 0 Å². The fraction of sp³-hybridized carbons (Fsp3) is 0.417. The predicted octanol–water partition coefficient (Wildman–Crippen LogP) is 1.36. The van der Waals surface area contributed by atoms with Gasteiger partial charge in [0, 0.05) is 18.1 Å². The van der Waals surface area contributed by atoms with Crippen LogP contribution in [0.25, 0.3) is 0 Å². The molecule has 1 aliphatic rings. The molecular weight excluding hydrogens is 284 g/mol. The molecule has 1 N–H and O–H groups in total. The van der Waals surface area contributed by atoms with Crippen molar-refractivity contribution >= 4 is 21.6 Å². The molecule has 2 rings (SSSR count). The molecule has 0 unspecified atom stereocenters. The minimum Gasteiger partial charge on any atom is -0.274 e. The maximum atomic E-state index is 12.1. The summed E-state index contributed by atoms with van der Waals surface area (Å²) in [6.07, 6.45) is 0.681. The number of hydrogen-bond donors (Lipinski definition) is 1. The molecule has 7 nitrogen and oxygen atoms in total. The van der Waals surface area contributed by atoms with Gasteiger partial charge in [-0.25, -0.2) is 13.1 Å². The van der Waals surface area contributed by atoms with Crippen molar-refractivity contribution in [3.8, 4) is 0 Å². The van der Waals surface area contributed by atoms with E-state index in [1.807, 2.05) is 11.6 Å². The van der Waals surface area contributed by atoms with Gasteiger partial charge in [0.15, 0.2) is 0 Å². The van der Waals surface area contributed by atoms with Gasteiger partial charge in [0.1, 0.15) is 0 Å². The Morgan fingerprint density at radius 3 is 2.50 bits per heavy atom. The first-order valence-corrected chi connectivity index (χ1v) is 7.52. The number of carbonyl (C=O) groups excluding carboxylic acids is 1. The number of nitrogens with one attached hydrogen (secondary N) is 1. The first-order chi connectivity index (χ1) is 9.22. The number of amides is 1. The highest BCUT2D eigenvalue weighted by molar-refractivity contribution is 7.90. The molecule has 0 bridgehead atoms. The van der Waals surface area contributed by atoms with Gasteiger partial charge < -0.3 is 0 Å². The molecule has 0 spiro atoms. The van der Waals surface area contributed by atoms with Crippen LogP contribution in [-0.4, -0.2) is 19.2 Å². The van der Waals surface area contributed by atoms with Gasteiger partial charge in [-0.05, 0) is 30.9 Å². The van der Waals surface area contributed by atoms with Crippen molar-refractivity contribution in [3.63, 3.8) is 0 Å². The molecule has 1 saturated carbocycles. The number of benzene rings is 1. The second kappa shape index (κ2) is 4.86. The Morgan fingerprint density at radius 2 is 2.05 bits per heavy atom. The van der Waals surface area contributed by atoms with Crippen LogP contribution in [0.4, 0.5) is 5.69 Å². The molecule has 0 aromatic heterocycles. The quantitative estimate of drug-likeness (QED) is 0.667. The van der Waals surface area contributed by atoms with Crippen LogP contribution in [-0.2, 0) is 14.8 Å². The molecule has 0 aliphatic heterocycles. The molecule has 20 heavy (non-hydrogen) atoms. The van der Waals surface area contributed by atoms with Crippen LogP contribution in [0.2, 0.25) is 0 Å². The van der Waals surface area contributed by atoms with Crippen LogP contribution >= 0.6 is 0 Å².